The van der Waals surface area contributed by atoms with E-state index in [4.69, 9.17) is 0 Å². The molecule has 0 aliphatic carbocycles. The number of para-hydroxylation sites is 2. The molecule has 2 aromatic rings. The van der Waals surface area contributed by atoms with Gasteiger partial charge in [0.2, 0.25) is 5.91 Å². The number of rotatable bonds is 3. The minimum Gasteiger partial charge on any atom is -0.374 e. The average Bonchev–Trinajstić information content (AvgIpc) is 2.51. The van der Waals surface area contributed by atoms with Crippen molar-refractivity contribution < 1.29 is 4.79 Å². The highest BCUT2D eigenvalue weighted by Crippen LogP contribution is 2.30. The quantitative estimate of drug-likeness (QED) is 0.925. The second-order valence-corrected chi connectivity index (χ2v) is 5.02. The lowest BCUT2D eigenvalue weighted by Gasteiger charge is -2.30. The molecule has 0 fully saturated rings. The van der Waals surface area contributed by atoms with Crippen molar-refractivity contribution >= 4 is 17.3 Å². The van der Waals surface area contributed by atoms with Crippen molar-refractivity contribution in [2.75, 3.05) is 16.8 Å². The molecule has 1 N–H and O–H groups in total. The Balaban J connectivity index is 1.87. The van der Waals surface area contributed by atoms with Crippen LogP contribution in [0.4, 0.5) is 11.4 Å². The molecule has 0 saturated heterocycles. The van der Waals surface area contributed by atoms with Gasteiger partial charge in [-0.3, -0.25) is 4.79 Å². The number of aryl methyl sites for hydroxylation is 1. The Hall–Kier alpha value is -2.29. The molecule has 0 aromatic heterocycles. The highest BCUT2D eigenvalue weighted by molar-refractivity contribution is 6.02. The minimum absolute atomic E-state index is 0.114. The summed E-state index contributed by atoms with van der Waals surface area (Å²) >= 11 is 0. The van der Waals surface area contributed by atoms with Gasteiger partial charge >= 0.3 is 0 Å². The van der Waals surface area contributed by atoms with Crippen LogP contribution in [0.3, 0.4) is 0 Å². The molecule has 102 valence electrons. The predicted molar refractivity (Wildman–Crippen MR) is 81.9 cm³/mol. The number of carbonyl (C=O) groups excluding carboxylic acids is 1. The van der Waals surface area contributed by atoms with E-state index in [0.29, 0.717) is 13.1 Å². The first-order chi connectivity index (χ1) is 9.78. The second kappa shape index (κ2) is 5.37. The number of hydrogen-bond acceptors (Lipinski definition) is 2. The normalized spacial score (nSPS) is 13.8. The van der Waals surface area contributed by atoms with E-state index in [-0.39, 0.29) is 5.91 Å². The number of nitrogens with one attached hydrogen (secondary N) is 1. The van der Waals surface area contributed by atoms with Gasteiger partial charge in [0.25, 0.3) is 0 Å². The Bertz CT molecular complexity index is 619. The van der Waals surface area contributed by atoms with Gasteiger partial charge in [0.15, 0.2) is 0 Å². The number of carbonyl (C=O) groups is 1. The summed E-state index contributed by atoms with van der Waals surface area (Å²) in [5.74, 6) is 0.114. The maximum atomic E-state index is 12.1. The maximum Gasteiger partial charge on any atom is 0.246 e. The molecule has 1 aliphatic heterocycles. The van der Waals surface area contributed by atoms with Crippen LogP contribution >= 0.6 is 0 Å². The van der Waals surface area contributed by atoms with Gasteiger partial charge < -0.3 is 10.2 Å². The van der Waals surface area contributed by atoms with Gasteiger partial charge in [0.1, 0.15) is 0 Å². The Kier molecular flexibility index (Phi) is 3.42. The lowest BCUT2D eigenvalue weighted by Crippen LogP contribution is -2.39. The van der Waals surface area contributed by atoms with Crippen molar-refractivity contribution in [3.05, 3.63) is 59.7 Å². The van der Waals surface area contributed by atoms with Crippen LogP contribution in [0.2, 0.25) is 0 Å². The summed E-state index contributed by atoms with van der Waals surface area (Å²) in [5, 5.41) is 3.16. The smallest absolute Gasteiger partial charge is 0.246 e. The molecule has 3 nitrogen and oxygen atoms in total. The predicted octanol–water partition coefficient (Wildman–Crippen LogP) is 3.21. The number of hydrogen-bond donors (Lipinski definition) is 1. The molecular formula is C17H18N2O. The molecule has 0 unspecified atom stereocenters. The first-order valence-corrected chi connectivity index (χ1v) is 6.99. The van der Waals surface area contributed by atoms with Crippen molar-refractivity contribution in [1.29, 1.82) is 0 Å². The fraction of sp³-hybridized carbons (Fsp3) is 0.235. The molecule has 0 atom stereocenters. The maximum absolute atomic E-state index is 12.1. The molecule has 3 rings (SSSR count). The fourth-order valence-electron chi connectivity index (χ4n) is 2.50. The SMILES string of the molecule is CCc1ccc(CN2C(=O)CNc3ccccc32)cc1. The number of amides is 1. The summed E-state index contributed by atoms with van der Waals surface area (Å²) in [6.07, 6.45) is 1.04. The van der Waals surface area contributed by atoms with E-state index in [0.717, 1.165) is 23.4 Å². The Morgan fingerprint density at radius 2 is 1.75 bits per heavy atom. The summed E-state index contributed by atoms with van der Waals surface area (Å²) in [6, 6.07) is 16.4. The van der Waals surface area contributed by atoms with Gasteiger partial charge in [-0.05, 0) is 29.7 Å². The van der Waals surface area contributed by atoms with Crippen LogP contribution in [-0.4, -0.2) is 12.5 Å². The third-order valence-corrected chi connectivity index (χ3v) is 3.70. The summed E-state index contributed by atoms with van der Waals surface area (Å²) in [7, 11) is 0. The third-order valence-electron chi connectivity index (χ3n) is 3.70. The van der Waals surface area contributed by atoms with Crippen LogP contribution in [0, 0.1) is 0 Å². The summed E-state index contributed by atoms with van der Waals surface area (Å²) in [5.41, 5.74) is 4.47. The van der Waals surface area contributed by atoms with E-state index in [1.807, 2.05) is 29.2 Å². The summed E-state index contributed by atoms with van der Waals surface area (Å²) in [4.78, 5) is 14.0. The van der Waals surface area contributed by atoms with E-state index >= 15 is 0 Å². The van der Waals surface area contributed by atoms with E-state index in [1.54, 1.807) is 0 Å². The third kappa shape index (κ3) is 2.39. The standard InChI is InChI=1S/C17H18N2O/c1-2-13-7-9-14(10-8-13)12-19-16-6-4-3-5-15(16)18-11-17(19)20/h3-10,18H,2,11-12H2,1H3. The molecule has 1 amide bonds. The van der Waals surface area contributed by atoms with Crippen LogP contribution in [0.25, 0.3) is 0 Å². The van der Waals surface area contributed by atoms with Gasteiger partial charge in [-0.15, -0.1) is 0 Å². The molecule has 0 spiro atoms. The van der Waals surface area contributed by atoms with Gasteiger partial charge in [-0.2, -0.15) is 0 Å². The molecular weight excluding hydrogens is 248 g/mol. The number of fused-ring (bicyclic) bond motifs is 1. The van der Waals surface area contributed by atoms with Crippen molar-refractivity contribution in [2.24, 2.45) is 0 Å². The zero-order valence-electron chi connectivity index (χ0n) is 11.6. The van der Waals surface area contributed by atoms with E-state index in [2.05, 4.69) is 36.5 Å². The fourth-order valence-corrected chi connectivity index (χ4v) is 2.50. The van der Waals surface area contributed by atoms with Crippen molar-refractivity contribution in [3.8, 4) is 0 Å². The van der Waals surface area contributed by atoms with Gasteiger partial charge in [-0.1, -0.05) is 43.3 Å². The molecule has 3 heteroatoms. The molecule has 0 saturated carbocycles. The van der Waals surface area contributed by atoms with Gasteiger partial charge in [0.05, 0.1) is 24.5 Å². The topological polar surface area (TPSA) is 32.3 Å². The second-order valence-electron chi connectivity index (χ2n) is 5.02. The largest absolute Gasteiger partial charge is 0.374 e. The van der Waals surface area contributed by atoms with E-state index in [9.17, 15) is 4.79 Å². The lowest BCUT2D eigenvalue weighted by atomic mass is 10.1. The number of anilines is 2. The first kappa shape index (κ1) is 12.7. The van der Waals surface area contributed by atoms with Crippen LogP contribution in [-0.2, 0) is 17.8 Å². The monoisotopic (exact) mass is 266 g/mol. The van der Waals surface area contributed by atoms with Gasteiger partial charge in [0, 0.05) is 0 Å². The molecule has 0 radical (unpaired) electrons. The van der Waals surface area contributed by atoms with E-state index < -0.39 is 0 Å². The van der Waals surface area contributed by atoms with Crippen LogP contribution < -0.4 is 10.2 Å². The average molecular weight is 266 g/mol. The zero-order valence-corrected chi connectivity index (χ0v) is 11.6. The number of nitrogens with zero attached hydrogens (tertiary/aromatic N) is 1. The Morgan fingerprint density at radius 3 is 2.50 bits per heavy atom. The van der Waals surface area contributed by atoms with Crippen molar-refractivity contribution in [3.63, 3.8) is 0 Å². The Labute approximate surface area is 119 Å². The summed E-state index contributed by atoms with van der Waals surface area (Å²) < 4.78 is 0. The van der Waals surface area contributed by atoms with Crippen LogP contribution in [0.15, 0.2) is 48.5 Å². The first-order valence-electron chi connectivity index (χ1n) is 6.99. The molecule has 20 heavy (non-hydrogen) atoms. The molecule has 2 aromatic carbocycles. The minimum atomic E-state index is 0.114. The number of benzene rings is 2. The molecule has 0 bridgehead atoms. The molecule has 1 heterocycles. The summed E-state index contributed by atoms with van der Waals surface area (Å²) in [6.45, 7) is 3.14. The molecule has 1 aliphatic rings. The van der Waals surface area contributed by atoms with Crippen molar-refractivity contribution in [2.45, 2.75) is 19.9 Å². The van der Waals surface area contributed by atoms with E-state index in [1.165, 1.54) is 5.56 Å². The van der Waals surface area contributed by atoms with Crippen molar-refractivity contribution in [1.82, 2.24) is 0 Å². The Morgan fingerprint density at radius 1 is 1.05 bits per heavy atom. The van der Waals surface area contributed by atoms with Gasteiger partial charge in [-0.25, -0.2) is 0 Å². The zero-order chi connectivity index (χ0) is 13.9. The lowest BCUT2D eigenvalue weighted by molar-refractivity contribution is -0.117. The highest BCUT2D eigenvalue weighted by atomic mass is 16.2. The van der Waals surface area contributed by atoms with Crippen LogP contribution in [0.5, 0.6) is 0 Å². The van der Waals surface area contributed by atoms with Crippen LogP contribution in [0.1, 0.15) is 18.1 Å². The highest BCUT2D eigenvalue weighted by Gasteiger charge is 2.23.